The molecule has 0 bridgehead atoms. The van der Waals surface area contributed by atoms with Gasteiger partial charge in [-0.2, -0.15) is 0 Å². The van der Waals surface area contributed by atoms with Crippen LogP contribution in [0.3, 0.4) is 0 Å². The molecule has 3 heteroatoms. The van der Waals surface area contributed by atoms with Gasteiger partial charge in [0.25, 0.3) is 0 Å². The van der Waals surface area contributed by atoms with E-state index < -0.39 is 0 Å². The predicted molar refractivity (Wildman–Crippen MR) is 86.3 cm³/mol. The number of fused-ring (bicyclic) bond motifs is 1. The van der Waals surface area contributed by atoms with Crippen molar-refractivity contribution in [3.8, 4) is 0 Å². The van der Waals surface area contributed by atoms with Gasteiger partial charge < -0.3 is 5.73 Å². The Morgan fingerprint density at radius 3 is 2.63 bits per heavy atom. The second-order valence-electron chi connectivity index (χ2n) is 5.03. The van der Waals surface area contributed by atoms with Gasteiger partial charge in [0, 0.05) is 20.3 Å². The number of benzene rings is 1. The van der Waals surface area contributed by atoms with Crippen molar-refractivity contribution in [3.63, 3.8) is 0 Å². The van der Waals surface area contributed by atoms with Crippen molar-refractivity contribution in [1.29, 1.82) is 0 Å². The summed E-state index contributed by atoms with van der Waals surface area (Å²) in [5, 5.41) is 2.14. The Balaban J connectivity index is 1.82. The number of nitrogens with two attached hydrogens (primary N) is 1. The fourth-order valence-corrected chi connectivity index (χ4v) is 4.37. The minimum atomic E-state index is 0.103. The number of aryl methyl sites for hydroxylation is 2. The Morgan fingerprint density at radius 2 is 1.89 bits per heavy atom. The van der Waals surface area contributed by atoms with E-state index in [1.807, 2.05) is 11.3 Å². The van der Waals surface area contributed by atoms with E-state index in [0.717, 1.165) is 6.42 Å². The van der Waals surface area contributed by atoms with Crippen LogP contribution in [0.5, 0.6) is 0 Å². The van der Waals surface area contributed by atoms with E-state index in [1.54, 1.807) is 11.3 Å². The molecule has 1 nitrogen and oxygen atoms in total. The first-order valence-electron chi connectivity index (χ1n) is 6.42. The van der Waals surface area contributed by atoms with Crippen LogP contribution >= 0.6 is 22.7 Å². The molecule has 0 amide bonds. The van der Waals surface area contributed by atoms with Crippen molar-refractivity contribution in [1.82, 2.24) is 0 Å². The molecule has 2 N–H and O–H groups in total. The summed E-state index contributed by atoms with van der Waals surface area (Å²) in [5.74, 6) is 0. The molecule has 3 aromatic rings. The number of hydrogen-bond donors (Lipinski definition) is 1. The molecule has 0 aliphatic rings. The van der Waals surface area contributed by atoms with Crippen LogP contribution in [0, 0.1) is 13.8 Å². The Bertz CT molecular complexity index is 680. The Labute approximate surface area is 121 Å². The zero-order valence-electron chi connectivity index (χ0n) is 11.1. The van der Waals surface area contributed by atoms with Gasteiger partial charge in [0.15, 0.2) is 0 Å². The molecule has 1 unspecified atom stereocenters. The van der Waals surface area contributed by atoms with Crippen molar-refractivity contribution < 1.29 is 0 Å². The number of hydrogen-bond acceptors (Lipinski definition) is 3. The maximum absolute atomic E-state index is 6.35. The third kappa shape index (κ3) is 2.59. The maximum Gasteiger partial charge on any atom is 0.0454 e. The lowest BCUT2D eigenvalue weighted by atomic mass is 10.0. The first-order valence-corrected chi connectivity index (χ1v) is 8.12. The smallest absolute Gasteiger partial charge is 0.0454 e. The summed E-state index contributed by atoms with van der Waals surface area (Å²) in [4.78, 5) is 1.29. The van der Waals surface area contributed by atoms with Gasteiger partial charge in [0.1, 0.15) is 0 Å². The highest BCUT2D eigenvalue weighted by Gasteiger charge is 2.12. The lowest BCUT2D eigenvalue weighted by Crippen LogP contribution is -2.11. The molecule has 0 radical (unpaired) electrons. The average molecular weight is 287 g/mol. The summed E-state index contributed by atoms with van der Waals surface area (Å²) in [5.41, 5.74) is 10.4. The summed E-state index contributed by atoms with van der Waals surface area (Å²) in [6.07, 6.45) is 0.912. The zero-order chi connectivity index (χ0) is 13.4. The van der Waals surface area contributed by atoms with Gasteiger partial charge in [0.05, 0.1) is 0 Å². The van der Waals surface area contributed by atoms with Crippen molar-refractivity contribution in [2.75, 3.05) is 0 Å². The minimum absolute atomic E-state index is 0.103. The van der Waals surface area contributed by atoms with Gasteiger partial charge in [-0.1, -0.05) is 18.2 Å². The van der Waals surface area contributed by atoms with Gasteiger partial charge in [0.2, 0.25) is 0 Å². The van der Waals surface area contributed by atoms with Crippen LogP contribution in [-0.4, -0.2) is 0 Å². The molecule has 0 aliphatic carbocycles. The van der Waals surface area contributed by atoms with Crippen LogP contribution in [0.1, 0.15) is 27.6 Å². The molecule has 0 spiro atoms. The van der Waals surface area contributed by atoms with Crippen LogP contribution < -0.4 is 5.73 Å². The average Bonchev–Trinajstić information content (AvgIpc) is 2.94. The summed E-state index contributed by atoms with van der Waals surface area (Å²) in [6.45, 7) is 4.30. The van der Waals surface area contributed by atoms with Crippen molar-refractivity contribution in [2.45, 2.75) is 26.3 Å². The van der Waals surface area contributed by atoms with Crippen LogP contribution in [0.15, 0.2) is 35.7 Å². The Hall–Kier alpha value is -1.16. The van der Waals surface area contributed by atoms with Crippen LogP contribution in [0.4, 0.5) is 0 Å². The highest BCUT2D eigenvalue weighted by Crippen LogP contribution is 2.33. The first kappa shape index (κ1) is 12.9. The summed E-state index contributed by atoms with van der Waals surface area (Å²) < 4.78 is 2.71. The highest BCUT2D eigenvalue weighted by molar-refractivity contribution is 7.26. The van der Waals surface area contributed by atoms with E-state index in [0.29, 0.717) is 0 Å². The molecule has 0 saturated carbocycles. The molecule has 2 heterocycles. The number of rotatable bonds is 3. The molecule has 2 aromatic heterocycles. The van der Waals surface area contributed by atoms with E-state index in [4.69, 9.17) is 5.73 Å². The Kier molecular flexibility index (Phi) is 3.44. The highest BCUT2D eigenvalue weighted by atomic mass is 32.1. The fourth-order valence-electron chi connectivity index (χ4n) is 2.25. The predicted octanol–water partition coefficient (Wildman–Crippen LogP) is 4.82. The monoisotopic (exact) mass is 287 g/mol. The third-order valence-electron chi connectivity index (χ3n) is 3.55. The number of thiophene rings is 2. The summed E-state index contributed by atoms with van der Waals surface area (Å²) in [6, 6.07) is 11.2. The quantitative estimate of drug-likeness (QED) is 0.734. The molecular formula is C16H17NS2. The Morgan fingerprint density at radius 1 is 1.05 bits per heavy atom. The van der Waals surface area contributed by atoms with Gasteiger partial charge in [-0.3, -0.25) is 0 Å². The molecule has 19 heavy (non-hydrogen) atoms. The second kappa shape index (κ2) is 5.08. The van der Waals surface area contributed by atoms with Crippen LogP contribution in [0.25, 0.3) is 9.40 Å². The van der Waals surface area contributed by atoms with E-state index in [2.05, 4.69) is 49.6 Å². The molecule has 0 aliphatic heterocycles. The molecule has 3 rings (SSSR count). The topological polar surface area (TPSA) is 26.0 Å². The molecule has 1 aromatic carbocycles. The van der Waals surface area contributed by atoms with E-state index in [9.17, 15) is 0 Å². The first-order chi connectivity index (χ1) is 9.13. The van der Waals surface area contributed by atoms with Crippen molar-refractivity contribution in [2.24, 2.45) is 5.73 Å². The van der Waals surface area contributed by atoms with Crippen molar-refractivity contribution in [3.05, 3.63) is 57.3 Å². The lowest BCUT2D eigenvalue weighted by Gasteiger charge is -2.11. The second-order valence-corrected chi connectivity index (χ2v) is 7.09. The summed E-state index contributed by atoms with van der Waals surface area (Å²) in [7, 11) is 0. The van der Waals surface area contributed by atoms with Crippen LogP contribution in [-0.2, 0) is 6.42 Å². The molecule has 98 valence electrons. The fraction of sp³-hybridized carbons (Fsp3) is 0.250. The minimum Gasteiger partial charge on any atom is -0.323 e. The maximum atomic E-state index is 6.35. The molecule has 0 fully saturated rings. The lowest BCUT2D eigenvalue weighted by molar-refractivity contribution is 0.736. The zero-order valence-corrected chi connectivity index (χ0v) is 12.8. The van der Waals surface area contributed by atoms with E-state index in [1.165, 1.54) is 31.0 Å². The van der Waals surface area contributed by atoms with Gasteiger partial charge in [-0.15, -0.1) is 22.7 Å². The molecule has 0 saturated heterocycles. The normalized spacial score (nSPS) is 13.0. The third-order valence-corrected chi connectivity index (χ3v) is 5.78. The van der Waals surface area contributed by atoms with Crippen LogP contribution in [0.2, 0.25) is 0 Å². The largest absolute Gasteiger partial charge is 0.323 e. The van der Waals surface area contributed by atoms with Crippen molar-refractivity contribution >= 4 is 32.1 Å². The standard InChI is InChI=1S/C16H17NS2/c1-10-3-4-12(7-11(10)2)8-13(17)15-9-16-14(19-15)5-6-18-16/h3-7,9,13H,8,17H2,1-2H3. The van der Waals surface area contributed by atoms with E-state index >= 15 is 0 Å². The van der Waals surface area contributed by atoms with Gasteiger partial charge >= 0.3 is 0 Å². The van der Waals surface area contributed by atoms with Gasteiger partial charge in [-0.25, -0.2) is 0 Å². The molecule has 1 atom stereocenters. The molecular weight excluding hydrogens is 270 g/mol. The SMILES string of the molecule is Cc1ccc(CC(N)c2cc3sccc3s2)cc1C. The summed E-state index contributed by atoms with van der Waals surface area (Å²) >= 11 is 3.62. The van der Waals surface area contributed by atoms with E-state index in [-0.39, 0.29) is 6.04 Å². The van der Waals surface area contributed by atoms with Gasteiger partial charge in [-0.05, 0) is 54.5 Å².